The maximum Gasteiger partial charge on any atom is 0.0428 e. The van der Waals surface area contributed by atoms with Gasteiger partial charge in [0, 0.05) is 50.5 Å². The lowest BCUT2D eigenvalue weighted by atomic mass is 9.96. The van der Waals surface area contributed by atoms with Gasteiger partial charge in [0.25, 0.3) is 0 Å². The maximum atomic E-state index is 2.36. The van der Waals surface area contributed by atoms with Crippen LogP contribution in [-0.4, -0.2) is 0 Å². The lowest BCUT2D eigenvalue weighted by molar-refractivity contribution is 1.70. The van der Waals surface area contributed by atoms with Gasteiger partial charge in [-0.25, -0.2) is 0 Å². The summed E-state index contributed by atoms with van der Waals surface area (Å²) >= 11 is 7.47. The summed E-state index contributed by atoms with van der Waals surface area (Å²) in [5.41, 5.74) is 5.10. The first kappa shape index (κ1) is 30.8. The van der Waals surface area contributed by atoms with Gasteiger partial charge in [0.1, 0.15) is 0 Å². The Morgan fingerprint density at radius 1 is 0.278 bits per heavy atom. The van der Waals surface area contributed by atoms with Crippen LogP contribution in [0.2, 0.25) is 0 Å². The Labute approximate surface area is 327 Å². The van der Waals surface area contributed by atoms with E-state index in [1.807, 2.05) is 45.3 Å². The van der Waals surface area contributed by atoms with E-state index in [1.54, 1.807) is 0 Å². The van der Waals surface area contributed by atoms with Crippen LogP contribution >= 0.6 is 45.3 Å². The Kier molecular flexibility index (Phi) is 6.81. The van der Waals surface area contributed by atoms with Gasteiger partial charge in [-0.2, -0.15) is 0 Å². The molecule has 0 N–H and O–H groups in total. The van der Waals surface area contributed by atoms with Gasteiger partial charge in [-0.05, 0) is 88.2 Å². The van der Waals surface area contributed by atoms with Gasteiger partial charge in [0.15, 0.2) is 0 Å². The Bertz CT molecular complexity index is 3190. The molecule has 0 bridgehead atoms. The molecule has 0 saturated heterocycles. The lowest BCUT2D eigenvalue weighted by Gasteiger charge is -2.09. The van der Waals surface area contributed by atoms with Crippen molar-refractivity contribution in [2.75, 3.05) is 0 Å². The van der Waals surface area contributed by atoms with Crippen LogP contribution in [0.4, 0.5) is 0 Å². The first-order valence-corrected chi connectivity index (χ1v) is 21.5. The second-order valence-corrected chi connectivity index (χ2v) is 17.9. The third-order valence-corrected chi connectivity index (χ3v) is 15.6. The molecule has 252 valence electrons. The van der Waals surface area contributed by atoms with E-state index in [2.05, 4.69) is 168 Å². The van der Waals surface area contributed by atoms with Gasteiger partial charge in [-0.1, -0.05) is 146 Å². The molecule has 12 rings (SSSR count). The van der Waals surface area contributed by atoms with E-state index in [4.69, 9.17) is 0 Å². The summed E-state index contributed by atoms with van der Waals surface area (Å²) in [4.78, 5) is 5.30. The molecule has 4 heterocycles. The molecule has 0 aliphatic heterocycles. The highest BCUT2D eigenvalue weighted by molar-refractivity contribution is 7.23. The molecule has 0 nitrogen and oxygen atoms in total. The Morgan fingerprint density at radius 3 is 1.11 bits per heavy atom. The van der Waals surface area contributed by atoms with Gasteiger partial charge in [0.05, 0.1) is 0 Å². The molecule has 0 atom stereocenters. The van der Waals surface area contributed by atoms with E-state index < -0.39 is 0 Å². The van der Waals surface area contributed by atoms with Crippen molar-refractivity contribution in [2.24, 2.45) is 0 Å². The van der Waals surface area contributed by atoms with E-state index in [1.165, 1.54) is 116 Å². The van der Waals surface area contributed by atoms with Crippen LogP contribution in [0.25, 0.3) is 116 Å². The van der Waals surface area contributed by atoms with E-state index in [-0.39, 0.29) is 0 Å². The number of hydrogen-bond donors (Lipinski definition) is 0. The zero-order valence-electron chi connectivity index (χ0n) is 28.8. The summed E-state index contributed by atoms with van der Waals surface area (Å²) < 4.78 is 2.71. The maximum absolute atomic E-state index is 2.36. The predicted octanol–water partition coefficient (Wildman–Crippen LogP) is 16.7. The predicted molar refractivity (Wildman–Crippen MR) is 242 cm³/mol. The standard InChI is InChI=1S/C50H28S4/c1-3-7-37-35(5-1)27-51-47(37)31-13-9-29(10-14-31)45-25-33-17-19-41-39-22-24-44-42(40(39)21-23-43(41)49(33)53-45)20-18-34-26-46(54-50(34)44)30-11-15-32(16-12-30)48-38-8-4-2-6-36(38)28-52-48/h1-28H. The van der Waals surface area contributed by atoms with E-state index >= 15 is 0 Å². The van der Waals surface area contributed by atoms with Gasteiger partial charge in [-0.3, -0.25) is 0 Å². The highest BCUT2D eigenvalue weighted by atomic mass is 32.1. The van der Waals surface area contributed by atoms with Crippen molar-refractivity contribution in [1.29, 1.82) is 0 Å². The second-order valence-electron chi connectivity index (χ2n) is 14.1. The largest absolute Gasteiger partial charge is 0.143 e. The van der Waals surface area contributed by atoms with Crippen molar-refractivity contribution in [3.05, 3.63) is 168 Å². The van der Waals surface area contributed by atoms with Crippen LogP contribution in [0, 0.1) is 0 Å². The fraction of sp³-hybridized carbons (Fsp3) is 0. The summed E-state index contributed by atoms with van der Waals surface area (Å²) in [5, 5.41) is 20.4. The Hall–Kier alpha value is -5.62. The molecule has 0 spiro atoms. The first-order valence-electron chi connectivity index (χ1n) is 18.1. The molecule has 4 heteroatoms. The molecule has 0 radical (unpaired) electrons. The SMILES string of the molecule is c1ccc2c(-c3ccc(-c4cc5ccc6c7ccc8c(ccc9cc(-c%10ccc(-c%11scc%12ccccc%11%12)cc%10)sc98)c7ccc6c5s4)cc3)scc2c1. The topological polar surface area (TPSA) is 0 Å². The minimum Gasteiger partial charge on any atom is -0.143 e. The number of rotatable bonds is 4. The average molecular weight is 757 g/mol. The van der Waals surface area contributed by atoms with Gasteiger partial charge >= 0.3 is 0 Å². The average Bonchev–Trinajstić information content (AvgIpc) is 4.05. The number of hydrogen-bond acceptors (Lipinski definition) is 4. The molecule has 0 fully saturated rings. The van der Waals surface area contributed by atoms with Crippen LogP contribution in [-0.2, 0) is 0 Å². The van der Waals surface area contributed by atoms with Crippen molar-refractivity contribution < 1.29 is 0 Å². The van der Waals surface area contributed by atoms with Crippen LogP contribution in [0.5, 0.6) is 0 Å². The Balaban J connectivity index is 0.900. The summed E-state index contributed by atoms with van der Waals surface area (Å²) in [7, 11) is 0. The first-order chi connectivity index (χ1) is 26.7. The molecule has 0 amide bonds. The van der Waals surface area contributed by atoms with Gasteiger partial charge in [0.2, 0.25) is 0 Å². The molecule has 12 aromatic rings. The summed E-state index contributed by atoms with van der Waals surface area (Å²) in [6, 6.07) is 59.1. The third kappa shape index (κ3) is 4.71. The van der Waals surface area contributed by atoms with Crippen molar-refractivity contribution in [3.8, 4) is 41.8 Å². The number of fused-ring (bicyclic) bond motifs is 11. The molecule has 0 aliphatic rings. The summed E-state index contributed by atoms with van der Waals surface area (Å²) in [6.45, 7) is 0. The fourth-order valence-electron chi connectivity index (χ4n) is 8.32. The highest BCUT2D eigenvalue weighted by Gasteiger charge is 2.15. The van der Waals surface area contributed by atoms with Crippen LogP contribution < -0.4 is 0 Å². The smallest absolute Gasteiger partial charge is 0.0428 e. The van der Waals surface area contributed by atoms with Crippen molar-refractivity contribution in [2.45, 2.75) is 0 Å². The van der Waals surface area contributed by atoms with Gasteiger partial charge < -0.3 is 0 Å². The van der Waals surface area contributed by atoms with Crippen molar-refractivity contribution >= 4 is 119 Å². The quantitative estimate of drug-likeness (QED) is 0.157. The van der Waals surface area contributed by atoms with E-state index in [0.29, 0.717) is 0 Å². The lowest BCUT2D eigenvalue weighted by Crippen LogP contribution is -1.81. The molecule has 0 aliphatic carbocycles. The van der Waals surface area contributed by atoms with Crippen LogP contribution in [0.15, 0.2) is 168 Å². The molecular formula is C50H28S4. The third-order valence-electron chi connectivity index (χ3n) is 11.0. The fourth-order valence-corrected chi connectivity index (χ4v) is 12.8. The monoisotopic (exact) mass is 756 g/mol. The Morgan fingerprint density at radius 2 is 0.648 bits per heavy atom. The van der Waals surface area contributed by atoms with E-state index in [9.17, 15) is 0 Å². The molecular weight excluding hydrogens is 729 g/mol. The zero-order valence-corrected chi connectivity index (χ0v) is 32.1. The molecule has 4 aromatic heterocycles. The zero-order chi connectivity index (χ0) is 35.3. The normalized spacial score (nSPS) is 12.1. The van der Waals surface area contributed by atoms with Crippen molar-refractivity contribution in [1.82, 2.24) is 0 Å². The summed E-state index contributed by atoms with van der Waals surface area (Å²) in [5.74, 6) is 0. The summed E-state index contributed by atoms with van der Waals surface area (Å²) in [6.07, 6.45) is 0. The van der Waals surface area contributed by atoms with E-state index in [0.717, 1.165) is 0 Å². The second kappa shape index (κ2) is 11.9. The minimum atomic E-state index is 1.27. The molecule has 0 unspecified atom stereocenters. The highest BCUT2D eigenvalue weighted by Crippen LogP contribution is 2.45. The van der Waals surface area contributed by atoms with Crippen molar-refractivity contribution in [3.63, 3.8) is 0 Å². The number of benzene rings is 8. The molecule has 54 heavy (non-hydrogen) atoms. The van der Waals surface area contributed by atoms with Crippen LogP contribution in [0.1, 0.15) is 0 Å². The van der Waals surface area contributed by atoms with Gasteiger partial charge in [-0.15, -0.1) is 45.3 Å². The molecule has 0 saturated carbocycles. The van der Waals surface area contributed by atoms with Crippen LogP contribution in [0.3, 0.4) is 0 Å². The number of thiophene rings is 4. The minimum absolute atomic E-state index is 1.27. The molecule has 8 aromatic carbocycles.